The first-order valence-corrected chi connectivity index (χ1v) is 10.0. The van der Waals surface area contributed by atoms with Gasteiger partial charge in [0.15, 0.2) is 0 Å². The van der Waals surface area contributed by atoms with Crippen LogP contribution in [-0.4, -0.2) is 5.71 Å². The molecule has 142 valence electrons. The molecule has 0 fully saturated rings. The van der Waals surface area contributed by atoms with Crippen LogP contribution in [-0.2, 0) is 6.42 Å². The van der Waals surface area contributed by atoms with Crippen molar-refractivity contribution >= 4 is 11.4 Å². The molecule has 0 saturated heterocycles. The number of rotatable bonds is 5. The van der Waals surface area contributed by atoms with Crippen molar-refractivity contribution in [3.63, 3.8) is 0 Å². The van der Waals surface area contributed by atoms with Gasteiger partial charge in [-0.05, 0) is 59.7 Å². The van der Waals surface area contributed by atoms with Gasteiger partial charge in [-0.3, -0.25) is 4.99 Å². The van der Waals surface area contributed by atoms with Gasteiger partial charge in [0.2, 0.25) is 0 Å². The van der Waals surface area contributed by atoms with Crippen molar-refractivity contribution in [3.05, 3.63) is 125 Å². The lowest BCUT2D eigenvalue weighted by molar-refractivity contribution is 1.15. The van der Waals surface area contributed by atoms with Crippen LogP contribution < -0.4 is 0 Å². The van der Waals surface area contributed by atoms with Crippen molar-refractivity contribution in [2.75, 3.05) is 0 Å². The van der Waals surface area contributed by atoms with Crippen LogP contribution in [0.25, 0.3) is 11.1 Å². The lowest BCUT2D eigenvalue weighted by atomic mass is 9.95. The average molecular weight is 376 g/mol. The summed E-state index contributed by atoms with van der Waals surface area (Å²) >= 11 is 0. The Hall–Kier alpha value is -3.45. The summed E-state index contributed by atoms with van der Waals surface area (Å²) in [6.07, 6.45) is 0.869. The fourth-order valence-corrected chi connectivity index (χ4v) is 3.57. The molecule has 0 radical (unpaired) electrons. The molecule has 0 saturated carbocycles. The monoisotopic (exact) mass is 375 g/mol. The number of nitrogens with zero attached hydrogens (tertiary/aromatic N) is 1. The third-order valence-corrected chi connectivity index (χ3v) is 5.31. The maximum absolute atomic E-state index is 4.95. The summed E-state index contributed by atoms with van der Waals surface area (Å²) in [5, 5.41) is 0. The van der Waals surface area contributed by atoms with E-state index < -0.39 is 0 Å². The summed E-state index contributed by atoms with van der Waals surface area (Å²) in [5.74, 6) is 0. The van der Waals surface area contributed by atoms with E-state index in [0.29, 0.717) is 0 Å². The summed E-state index contributed by atoms with van der Waals surface area (Å²) < 4.78 is 0. The SMILES string of the molecule is CC(=Nc1ccccc1Cc1cc(-c2ccccc2)ccc1C)c1ccccc1. The highest BCUT2D eigenvalue weighted by molar-refractivity contribution is 6.00. The minimum absolute atomic E-state index is 0.869. The molecule has 0 heterocycles. The maximum atomic E-state index is 4.95. The van der Waals surface area contributed by atoms with E-state index in [1.54, 1.807) is 0 Å². The predicted octanol–water partition coefficient (Wildman–Crippen LogP) is 7.39. The lowest BCUT2D eigenvalue weighted by Gasteiger charge is -2.12. The normalized spacial score (nSPS) is 11.4. The molecular formula is C28H25N. The number of aliphatic imine (C=N–C) groups is 1. The highest BCUT2D eigenvalue weighted by Gasteiger charge is 2.08. The second kappa shape index (κ2) is 8.70. The number of para-hydroxylation sites is 1. The van der Waals surface area contributed by atoms with E-state index in [-0.39, 0.29) is 0 Å². The molecule has 4 aromatic rings. The molecule has 0 amide bonds. The first-order chi connectivity index (χ1) is 14.2. The van der Waals surface area contributed by atoms with Crippen molar-refractivity contribution in [3.8, 4) is 11.1 Å². The molecular weight excluding hydrogens is 350 g/mol. The Labute approximate surface area is 173 Å². The van der Waals surface area contributed by atoms with Crippen molar-refractivity contribution < 1.29 is 0 Å². The minimum Gasteiger partial charge on any atom is -0.253 e. The summed E-state index contributed by atoms with van der Waals surface area (Å²) in [6, 6.07) is 36.1. The quantitative estimate of drug-likeness (QED) is 0.322. The molecule has 0 aliphatic rings. The Kier molecular flexibility index (Phi) is 5.67. The number of aryl methyl sites for hydroxylation is 1. The van der Waals surface area contributed by atoms with Crippen molar-refractivity contribution in [1.29, 1.82) is 0 Å². The molecule has 4 rings (SSSR count). The van der Waals surface area contributed by atoms with Gasteiger partial charge in [0, 0.05) is 5.71 Å². The van der Waals surface area contributed by atoms with Crippen LogP contribution in [0, 0.1) is 6.92 Å². The summed E-state index contributed by atoms with van der Waals surface area (Å²) in [4.78, 5) is 4.95. The van der Waals surface area contributed by atoms with Crippen LogP contribution in [0.1, 0.15) is 29.2 Å². The number of hydrogen-bond acceptors (Lipinski definition) is 1. The van der Waals surface area contributed by atoms with Gasteiger partial charge in [-0.2, -0.15) is 0 Å². The van der Waals surface area contributed by atoms with Crippen LogP contribution in [0.15, 0.2) is 108 Å². The fraction of sp³-hybridized carbons (Fsp3) is 0.107. The molecule has 0 aliphatic carbocycles. The molecule has 0 aliphatic heterocycles. The second-order valence-corrected chi connectivity index (χ2v) is 7.38. The van der Waals surface area contributed by atoms with Gasteiger partial charge in [-0.25, -0.2) is 0 Å². The summed E-state index contributed by atoms with van der Waals surface area (Å²) in [7, 11) is 0. The predicted molar refractivity (Wildman–Crippen MR) is 124 cm³/mol. The highest BCUT2D eigenvalue weighted by Crippen LogP contribution is 2.27. The van der Waals surface area contributed by atoms with Gasteiger partial charge >= 0.3 is 0 Å². The topological polar surface area (TPSA) is 12.4 Å². The highest BCUT2D eigenvalue weighted by atomic mass is 14.7. The van der Waals surface area contributed by atoms with Crippen LogP contribution in [0.2, 0.25) is 0 Å². The largest absolute Gasteiger partial charge is 0.253 e. The van der Waals surface area contributed by atoms with E-state index in [2.05, 4.69) is 111 Å². The zero-order valence-electron chi connectivity index (χ0n) is 17.0. The van der Waals surface area contributed by atoms with Crippen molar-refractivity contribution in [2.24, 2.45) is 4.99 Å². The third kappa shape index (κ3) is 4.52. The van der Waals surface area contributed by atoms with Crippen LogP contribution >= 0.6 is 0 Å². The molecule has 1 nitrogen and oxygen atoms in total. The van der Waals surface area contributed by atoms with Gasteiger partial charge in [0.05, 0.1) is 5.69 Å². The van der Waals surface area contributed by atoms with E-state index in [1.165, 1.54) is 27.8 Å². The molecule has 1 heteroatoms. The summed E-state index contributed by atoms with van der Waals surface area (Å²) in [6.45, 7) is 4.26. The van der Waals surface area contributed by atoms with E-state index >= 15 is 0 Å². The van der Waals surface area contributed by atoms with E-state index in [0.717, 1.165) is 23.4 Å². The maximum Gasteiger partial charge on any atom is 0.0668 e. The molecule has 0 atom stereocenters. The Bertz CT molecular complexity index is 1130. The first kappa shape index (κ1) is 18.9. The van der Waals surface area contributed by atoms with Gasteiger partial charge in [-0.1, -0.05) is 97.1 Å². The van der Waals surface area contributed by atoms with Gasteiger partial charge in [0.1, 0.15) is 0 Å². The Morgan fingerprint density at radius 2 is 1.31 bits per heavy atom. The smallest absolute Gasteiger partial charge is 0.0668 e. The first-order valence-electron chi connectivity index (χ1n) is 10.0. The number of benzene rings is 4. The Morgan fingerprint density at radius 1 is 0.655 bits per heavy atom. The van der Waals surface area contributed by atoms with Crippen molar-refractivity contribution in [1.82, 2.24) is 0 Å². The number of hydrogen-bond donors (Lipinski definition) is 0. The zero-order chi connectivity index (χ0) is 20.1. The molecule has 0 unspecified atom stereocenters. The molecule has 0 bridgehead atoms. The van der Waals surface area contributed by atoms with E-state index in [1.807, 2.05) is 6.07 Å². The van der Waals surface area contributed by atoms with Crippen molar-refractivity contribution in [2.45, 2.75) is 20.3 Å². The zero-order valence-corrected chi connectivity index (χ0v) is 17.0. The van der Waals surface area contributed by atoms with Gasteiger partial charge < -0.3 is 0 Å². The Morgan fingerprint density at radius 3 is 2.07 bits per heavy atom. The summed E-state index contributed by atoms with van der Waals surface area (Å²) in [5.41, 5.74) is 9.63. The van der Waals surface area contributed by atoms with Crippen LogP contribution in [0.3, 0.4) is 0 Å². The van der Waals surface area contributed by atoms with Crippen LogP contribution in [0.5, 0.6) is 0 Å². The van der Waals surface area contributed by atoms with Gasteiger partial charge in [0.25, 0.3) is 0 Å². The van der Waals surface area contributed by atoms with E-state index in [4.69, 9.17) is 4.99 Å². The lowest BCUT2D eigenvalue weighted by Crippen LogP contribution is -1.96. The van der Waals surface area contributed by atoms with Crippen LogP contribution in [0.4, 0.5) is 5.69 Å². The fourth-order valence-electron chi connectivity index (χ4n) is 3.57. The Balaban J connectivity index is 1.68. The average Bonchev–Trinajstić information content (AvgIpc) is 2.78. The molecule has 0 N–H and O–H groups in total. The standard InChI is InChI=1S/C28H25N/c1-21-17-18-25(24-13-7-4-8-14-24)19-27(21)20-26-15-9-10-16-28(26)29-22(2)23-11-5-3-6-12-23/h3-19H,20H2,1-2H3. The molecule has 0 spiro atoms. The minimum atomic E-state index is 0.869. The van der Waals surface area contributed by atoms with E-state index in [9.17, 15) is 0 Å². The molecule has 29 heavy (non-hydrogen) atoms. The van der Waals surface area contributed by atoms with Gasteiger partial charge in [-0.15, -0.1) is 0 Å². The molecule has 0 aromatic heterocycles. The molecule has 4 aromatic carbocycles. The second-order valence-electron chi connectivity index (χ2n) is 7.38. The third-order valence-electron chi connectivity index (χ3n) is 5.31.